The average Bonchev–Trinajstić information content (AvgIpc) is 2.46. The van der Waals surface area contributed by atoms with Crippen LogP contribution in [0.1, 0.15) is 39.5 Å². The minimum absolute atomic E-state index is 0.607. The molecule has 2 N–H and O–H groups in total. The molecule has 0 aliphatic carbocycles. The summed E-state index contributed by atoms with van der Waals surface area (Å²) in [5.74, 6) is -0.751. The number of rotatable bonds is 5. The lowest BCUT2D eigenvalue weighted by atomic mass is 10.0. The van der Waals surface area contributed by atoms with Gasteiger partial charge in [0.1, 0.15) is 5.54 Å². The minimum Gasteiger partial charge on any atom is -0.480 e. The Morgan fingerprint density at radius 1 is 1.31 bits per heavy atom. The normalized spacial score (nSPS) is 22.4. The Balaban J connectivity index is 2.55. The van der Waals surface area contributed by atoms with E-state index < -0.39 is 11.5 Å². The topological polar surface area (TPSA) is 52.6 Å². The lowest BCUT2D eigenvalue weighted by molar-refractivity contribution is -0.145. The zero-order valence-electron chi connectivity index (χ0n) is 10.5. The fraction of sp³-hybridized carbons (Fsp3) is 0.917. The Bertz CT molecular complexity index is 225. The summed E-state index contributed by atoms with van der Waals surface area (Å²) in [5, 5.41) is 12.4. The number of carboxylic acid groups (broad SMARTS) is 1. The van der Waals surface area contributed by atoms with Crippen molar-refractivity contribution < 1.29 is 9.90 Å². The van der Waals surface area contributed by atoms with Gasteiger partial charge in [0, 0.05) is 6.54 Å². The Morgan fingerprint density at radius 3 is 2.31 bits per heavy atom. The Hall–Kier alpha value is -0.610. The zero-order chi connectivity index (χ0) is 12.0. The van der Waals surface area contributed by atoms with E-state index in [1.807, 2.05) is 6.92 Å². The lowest BCUT2D eigenvalue weighted by Gasteiger charge is -2.32. The Morgan fingerprint density at radius 2 is 1.88 bits per heavy atom. The first kappa shape index (κ1) is 13.5. The summed E-state index contributed by atoms with van der Waals surface area (Å²) in [7, 11) is 0. The second kappa shape index (κ2) is 6.21. The van der Waals surface area contributed by atoms with Gasteiger partial charge in [0.25, 0.3) is 0 Å². The van der Waals surface area contributed by atoms with Gasteiger partial charge in [-0.05, 0) is 39.4 Å². The van der Waals surface area contributed by atoms with Crippen LogP contribution in [0.2, 0.25) is 0 Å². The lowest BCUT2D eigenvalue weighted by Crippen LogP contribution is -2.57. The third-order valence-electron chi connectivity index (χ3n) is 3.28. The molecule has 0 aromatic carbocycles. The van der Waals surface area contributed by atoms with Crippen LogP contribution in [-0.4, -0.2) is 47.7 Å². The van der Waals surface area contributed by atoms with Crippen molar-refractivity contribution in [3.05, 3.63) is 0 Å². The highest BCUT2D eigenvalue weighted by molar-refractivity contribution is 5.78. The molecule has 1 fully saturated rings. The predicted octanol–water partition coefficient (Wildman–Crippen LogP) is 1.32. The van der Waals surface area contributed by atoms with Gasteiger partial charge in [0.15, 0.2) is 0 Å². The van der Waals surface area contributed by atoms with Crippen molar-refractivity contribution >= 4 is 5.97 Å². The summed E-state index contributed by atoms with van der Waals surface area (Å²) >= 11 is 0. The van der Waals surface area contributed by atoms with Crippen molar-refractivity contribution in [2.75, 3.05) is 26.2 Å². The van der Waals surface area contributed by atoms with Crippen molar-refractivity contribution in [2.45, 2.75) is 45.1 Å². The first-order valence-electron chi connectivity index (χ1n) is 6.29. The van der Waals surface area contributed by atoms with Crippen LogP contribution in [0.3, 0.4) is 0 Å². The maximum Gasteiger partial charge on any atom is 0.324 e. The highest BCUT2D eigenvalue weighted by atomic mass is 16.4. The molecule has 0 aromatic heterocycles. The zero-order valence-corrected chi connectivity index (χ0v) is 10.5. The molecule has 0 saturated carbocycles. The van der Waals surface area contributed by atoms with Gasteiger partial charge in [0.2, 0.25) is 0 Å². The molecule has 1 unspecified atom stereocenters. The average molecular weight is 228 g/mol. The third-order valence-corrected chi connectivity index (χ3v) is 3.28. The number of nitrogens with one attached hydrogen (secondary N) is 1. The molecule has 1 saturated heterocycles. The SMILES string of the molecule is CCNC(C)(CN1CCCCCC1)C(=O)O. The molecule has 1 heterocycles. The quantitative estimate of drug-likeness (QED) is 0.745. The van der Waals surface area contributed by atoms with Crippen molar-refractivity contribution in [3.63, 3.8) is 0 Å². The van der Waals surface area contributed by atoms with E-state index in [4.69, 9.17) is 0 Å². The van der Waals surface area contributed by atoms with E-state index in [0.717, 1.165) is 13.1 Å². The number of hydrogen-bond acceptors (Lipinski definition) is 3. The molecular weight excluding hydrogens is 204 g/mol. The number of carbonyl (C=O) groups is 1. The minimum atomic E-state index is -0.806. The predicted molar refractivity (Wildman–Crippen MR) is 64.6 cm³/mol. The van der Waals surface area contributed by atoms with Crippen LogP contribution < -0.4 is 5.32 Å². The van der Waals surface area contributed by atoms with Crippen LogP contribution in [0.15, 0.2) is 0 Å². The highest BCUT2D eigenvalue weighted by Gasteiger charge is 2.34. The van der Waals surface area contributed by atoms with Crippen LogP contribution in [0, 0.1) is 0 Å². The molecular formula is C12H24N2O2. The van der Waals surface area contributed by atoms with E-state index in [9.17, 15) is 9.90 Å². The van der Waals surface area contributed by atoms with Crippen molar-refractivity contribution in [1.82, 2.24) is 10.2 Å². The molecule has 0 amide bonds. The maximum absolute atomic E-state index is 11.3. The van der Waals surface area contributed by atoms with Crippen LogP contribution in [0.5, 0.6) is 0 Å². The molecule has 1 aliphatic heterocycles. The standard InChI is InChI=1S/C12H24N2O2/c1-3-13-12(2,11(15)16)10-14-8-6-4-5-7-9-14/h13H,3-10H2,1-2H3,(H,15,16). The van der Waals surface area contributed by atoms with E-state index >= 15 is 0 Å². The van der Waals surface area contributed by atoms with E-state index in [-0.39, 0.29) is 0 Å². The van der Waals surface area contributed by atoms with Gasteiger partial charge >= 0.3 is 5.97 Å². The molecule has 0 bridgehead atoms. The van der Waals surface area contributed by atoms with Crippen LogP contribution >= 0.6 is 0 Å². The van der Waals surface area contributed by atoms with Crippen molar-refractivity contribution in [3.8, 4) is 0 Å². The van der Waals surface area contributed by atoms with Gasteiger partial charge in [-0.3, -0.25) is 4.79 Å². The Labute approximate surface area is 98.0 Å². The van der Waals surface area contributed by atoms with Gasteiger partial charge < -0.3 is 15.3 Å². The fourth-order valence-corrected chi connectivity index (χ4v) is 2.33. The number of nitrogens with zero attached hydrogens (tertiary/aromatic N) is 1. The first-order chi connectivity index (χ1) is 7.58. The van der Waals surface area contributed by atoms with Gasteiger partial charge in [-0.25, -0.2) is 0 Å². The number of hydrogen-bond donors (Lipinski definition) is 2. The smallest absolute Gasteiger partial charge is 0.324 e. The number of carboxylic acids is 1. The molecule has 1 aliphatic rings. The fourth-order valence-electron chi connectivity index (χ4n) is 2.33. The van der Waals surface area contributed by atoms with Crippen molar-refractivity contribution in [2.24, 2.45) is 0 Å². The summed E-state index contributed by atoms with van der Waals surface area (Å²) < 4.78 is 0. The van der Waals surface area contributed by atoms with Gasteiger partial charge in [-0.15, -0.1) is 0 Å². The molecule has 1 rings (SSSR count). The summed E-state index contributed by atoms with van der Waals surface area (Å²) in [6.07, 6.45) is 4.95. The Kier molecular flexibility index (Phi) is 5.22. The molecule has 94 valence electrons. The number of likely N-dealkylation sites (N-methyl/N-ethyl adjacent to an activating group) is 1. The second-order valence-electron chi connectivity index (χ2n) is 4.86. The van der Waals surface area contributed by atoms with Gasteiger partial charge in [0.05, 0.1) is 0 Å². The first-order valence-corrected chi connectivity index (χ1v) is 6.29. The van der Waals surface area contributed by atoms with E-state index in [1.165, 1.54) is 25.7 Å². The number of aliphatic carboxylic acids is 1. The van der Waals surface area contributed by atoms with Gasteiger partial charge in [-0.2, -0.15) is 0 Å². The van der Waals surface area contributed by atoms with E-state index in [2.05, 4.69) is 10.2 Å². The highest BCUT2D eigenvalue weighted by Crippen LogP contribution is 2.14. The molecule has 4 heteroatoms. The molecule has 1 atom stereocenters. The molecule has 16 heavy (non-hydrogen) atoms. The molecule has 4 nitrogen and oxygen atoms in total. The molecule has 0 radical (unpaired) electrons. The number of likely N-dealkylation sites (tertiary alicyclic amines) is 1. The van der Waals surface area contributed by atoms with Crippen molar-refractivity contribution in [1.29, 1.82) is 0 Å². The largest absolute Gasteiger partial charge is 0.480 e. The monoisotopic (exact) mass is 228 g/mol. The second-order valence-corrected chi connectivity index (χ2v) is 4.86. The van der Waals surface area contributed by atoms with Crippen LogP contribution in [0.25, 0.3) is 0 Å². The maximum atomic E-state index is 11.3. The summed E-state index contributed by atoms with van der Waals surface area (Å²) in [6, 6.07) is 0. The van der Waals surface area contributed by atoms with Gasteiger partial charge in [-0.1, -0.05) is 19.8 Å². The molecule has 0 spiro atoms. The van der Waals surface area contributed by atoms with E-state index in [1.54, 1.807) is 6.92 Å². The third kappa shape index (κ3) is 3.76. The summed E-state index contributed by atoms with van der Waals surface area (Å²) in [6.45, 7) is 7.10. The summed E-state index contributed by atoms with van der Waals surface area (Å²) in [5.41, 5.74) is -0.806. The van der Waals surface area contributed by atoms with Crippen LogP contribution in [0.4, 0.5) is 0 Å². The molecule has 0 aromatic rings. The summed E-state index contributed by atoms with van der Waals surface area (Å²) in [4.78, 5) is 13.6. The van der Waals surface area contributed by atoms with E-state index in [0.29, 0.717) is 13.1 Å². The van der Waals surface area contributed by atoms with Crippen LogP contribution in [-0.2, 0) is 4.79 Å².